The van der Waals surface area contributed by atoms with Crippen LogP contribution in [0.25, 0.3) is 0 Å². The molecule has 0 atom stereocenters. The van der Waals surface area contributed by atoms with Gasteiger partial charge in [-0.2, -0.15) is 0 Å². The molecular weight excluding hydrogens is 282 g/mol. The number of para-hydroxylation sites is 1. The zero-order valence-corrected chi connectivity index (χ0v) is 13.9. The van der Waals surface area contributed by atoms with Crippen LogP contribution in [-0.4, -0.2) is 5.91 Å². The van der Waals surface area contributed by atoms with Crippen LogP contribution in [-0.2, 0) is 24.2 Å². The fraction of sp³-hybridized carbons (Fsp3) is 0.381. The number of aryl methyl sites for hydroxylation is 2. The number of unbranched alkanes of at least 4 members (excludes halogenated alkanes) is 2. The number of carbonyl (C=O) groups is 1. The summed E-state index contributed by atoms with van der Waals surface area (Å²) in [7, 11) is 0. The van der Waals surface area contributed by atoms with Crippen molar-refractivity contribution in [2.45, 2.75) is 52.0 Å². The Labute approximate surface area is 139 Å². The molecule has 2 aromatic rings. The molecule has 0 radical (unpaired) electrons. The van der Waals surface area contributed by atoms with Gasteiger partial charge in [-0.15, -0.1) is 0 Å². The Morgan fingerprint density at radius 3 is 2.35 bits per heavy atom. The van der Waals surface area contributed by atoms with Gasteiger partial charge in [-0.1, -0.05) is 62.2 Å². The number of nitrogens with zero attached hydrogens (tertiary/aromatic N) is 1. The van der Waals surface area contributed by atoms with Crippen molar-refractivity contribution in [3.8, 4) is 0 Å². The third-order valence-electron chi connectivity index (χ3n) is 4.69. The van der Waals surface area contributed by atoms with E-state index < -0.39 is 0 Å². The minimum absolute atomic E-state index is 0.252. The van der Waals surface area contributed by atoms with Gasteiger partial charge in [0.2, 0.25) is 5.91 Å². The molecule has 3 rings (SSSR count). The highest BCUT2D eigenvalue weighted by molar-refractivity contribution is 5.94. The van der Waals surface area contributed by atoms with Gasteiger partial charge in [-0.3, -0.25) is 4.79 Å². The lowest BCUT2D eigenvalue weighted by Gasteiger charge is -2.29. The second-order valence-electron chi connectivity index (χ2n) is 6.33. The first-order valence-corrected chi connectivity index (χ1v) is 8.74. The number of rotatable bonds is 4. The topological polar surface area (TPSA) is 20.3 Å². The first-order chi connectivity index (χ1) is 11.3. The van der Waals surface area contributed by atoms with Crippen LogP contribution in [0.15, 0.2) is 48.5 Å². The molecule has 1 amide bonds. The molecule has 1 heterocycles. The van der Waals surface area contributed by atoms with Gasteiger partial charge in [0.25, 0.3) is 0 Å². The molecule has 0 fully saturated rings. The van der Waals surface area contributed by atoms with E-state index in [1.165, 1.54) is 16.7 Å². The van der Waals surface area contributed by atoms with Crippen LogP contribution in [0, 0.1) is 0 Å². The Morgan fingerprint density at radius 2 is 1.57 bits per heavy atom. The van der Waals surface area contributed by atoms with E-state index >= 15 is 0 Å². The predicted octanol–water partition coefficient (Wildman–Crippen LogP) is 4.90. The normalized spacial score (nSPS) is 13.7. The quantitative estimate of drug-likeness (QED) is 0.736. The second kappa shape index (κ2) is 7.45. The summed E-state index contributed by atoms with van der Waals surface area (Å²) in [5.41, 5.74) is 5.04. The van der Waals surface area contributed by atoms with Crippen LogP contribution < -0.4 is 4.90 Å². The van der Waals surface area contributed by atoms with Crippen LogP contribution in [0.4, 0.5) is 5.69 Å². The molecule has 0 aliphatic carbocycles. The van der Waals surface area contributed by atoms with Crippen LogP contribution in [0.3, 0.4) is 0 Å². The van der Waals surface area contributed by atoms with E-state index in [0.29, 0.717) is 13.0 Å². The Bertz CT molecular complexity index is 677. The molecule has 2 aromatic carbocycles. The van der Waals surface area contributed by atoms with Gasteiger partial charge in [0.05, 0.1) is 6.54 Å². The van der Waals surface area contributed by atoms with E-state index in [4.69, 9.17) is 0 Å². The van der Waals surface area contributed by atoms with E-state index in [9.17, 15) is 4.79 Å². The zero-order chi connectivity index (χ0) is 16.1. The Morgan fingerprint density at radius 1 is 0.913 bits per heavy atom. The summed E-state index contributed by atoms with van der Waals surface area (Å²) >= 11 is 0. The lowest BCUT2D eigenvalue weighted by atomic mass is 9.95. The zero-order valence-electron chi connectivity index (χ0n) is 13.9. The van der Waals surface area contributed by atoms with E-state index in [1.54, 1.807) is 0 Å². The molecule has 0 aromatic heterocycles. The molecule has 0 spiro atoms. The first kappa shape index (κ1) is 15.8. The molecule has 23 heavy (non-hydrogen) atoms. The van der Waals surface area contributed by atoms with E-state index in [0.717, 1.165) is 37.8 Å². The summed E-state index contributed by atoms with van der Waals surface area (Å²) < 4.78 is 0. The number of fused-ring (bicyclic) bond motifs is 2. The summed E-state index contributed by atoms with van der Waals surface area (Å²) in [6, 6.07) is 16.9. The smallest absolute Gasteiger partial charge is 0.227 e. The summed E-state index contributed by atoms with van der Waals surface area (Å²) in [5.74, 6) is 0.252. The molecular formula is C21H25NO. The largest absolute Gasteiger partial charge is 0.308 e. The van der Waals surface area contributed by atoms with Gasteiger partial charge in [-0.05, 0) is 42.0 Å². The van der Waals surface area contributed by atoms with Crippen molar-refractivity contribution in [1.29, 1.82) is 0 Å². The molecule has 1 aliphatic heterocycles. The van der Waals surface area contributed by atoms with Crippen molar-refractivity contribution in [1.82, 2.24) is 0 Å². The third-order valence-corrected chi connectivity index (χ3v) is 4.69. The molecule has 1 aliphatic rings. The van der Waals surface area contributed by atoms with Crippen molar-refractivity contribution in [3.05, 3.63) is 65.2 Å². The summed E-state index contributed by atoms with van der Waals surface area (Å²) in [4.78, 5) is 14.8. The molecule has 120 valence electrons. The van der Waals surface area contributed by atoms with Crippen molar-refractivity contribution in [2.75, 3.05) is 4.90 Å². The minimum atomic E-state index is 0.252. The number of hydrogen-bond donors (Lipinski definition) is 0. The Balaban J connectivity index is 1.92. The van der Waals surface area contributed by atoms with E-state index in [1.807, 2.05) is 11.0 Å². The third kappa shape index (κ3) is 3.64. The van der Waals surface area contributed by atoms with Gasteiger partial charge >= 0.3 is 0 Å². The van der Waals surface area contributed by atoms with E-state index in [-0.39, 0.29) is 5.91 Å². The first-order valence-electron chi connectivity index (χ1n) is 8.74. The van der Waals surface area contributed by atoms with Crippen LogP contribution in [0.1, 0.15) is 49.3 Å². The molecule has 0 N–H and O–H groups in total. The number of anilines is 1. The average molecular weight is 307 g/mol. The minimum Gasteiger partial charge on any atom is -0.308 e. The molecule has 0 bridgehead atoms. The van der Waals surface area contributed by atoms with Gasteiger partial charge < -0.3 is 4.90 Å². The molecule has 0 saturated heterocycles. The van der Waals surface area contributed by atoms with Crippen molar-refractivity contribution in [2.24, 2.45) is 0 Å². The van der Waals surface area contributed by atoms with Crippen LogP contribution in [0.5, 0.6) is 0 Å². The average Bonchev–Trinajstić information content (AvgIpc) is 2.57. The van der Waals surface area contributed by atoms with E-state index in [2.05, 4.69) is 49.4 Å². The number of amides is 1. The summed E-state index contributed by atoms with van der Waals surface area (Å²) in [5, 5.41) is 0. The standard InChI is InChI=1S/C21H25NO/c1-2-3-4-13-21(23)22-16-19-11-6-5-9-17(19)14-15-18-10-7-8-12-20(18)22/h5-12H,2-4,13-16H2,1H3. The SMILES string of the molecule is CCCCCC(=O)N1Cc2ccccc2CCc2ccccc21. The van der Waals surface area contributed by atoms with Crippen LogP contribution >= 0.6 is 0 Å². The second-order valence-corrected chi connectivity index (χ2v) is 6.33. The molecule has 0 saturated carbocycles. The monoisotopic (exact) mass is 307 g/mol. The lowest BCUT2D eigenvalue weighted by Crippen LogP contribution is -2.32. The maximum atomic E-state index is 12.8. The highest BCUT2D eigenvalue weighted by atomic mass is 16.2. The fourth-order valence-electron chi connectivity index (χ4n) is 3.35. The van der Waals surface area contributed by atoms with Crippen molar-refractivity contribution in [3.63, 3.8) is 0 Å². The fourth-order valence-corrected chi connectivity index (χ4v) is 3.35. The van der Waals surface area contributed by atoms with Gasteiger partial charge in [0.1, 0.15) is 0 Å². The maximum absolute atomic E-state index is 12.8. The molecule has 2 heteroatoms. The maximum Gasteiger partial charge on any atom is 0.227 e. The number of hydrogen-bond acceptors (Lipinski definition) is 1. The molecule has 0 unspecified atom stereocenters. The predicted molar refractivity (Wildman–Crippen MR) is 95.6 cm³/mol. The highest BCUT2D eigenvalue weighted by Crippen LogP contribution is 2.29. The van der Waals surface area contributed by atoms with Crippen LogP contribution in [0.2, 0.25) is 0 Å². The number of benzene rings is 2. The summed E-state index contributed by atoms with van der Waals surface area (Å²) in [6.45, 7) is 2.87. The van der Waals surface area contributed by atoms with Crippen molar-refractivity contribution < 1.29 is 4.79 Å². The Kier molecular flexibility index (Phi) is 5.12. The van der Waals surface area contributed by atoms with Crippen molar-refractivity contribution >= 4 is 11.6 Å². The van der Waals surface area contributed by atoms with Gasteiger partial charge in [-0.25, -0.2) is 0 Å². The van der Waals surface area contributed by atoms with Gasteiger partial charge in [0.15, 0.2) is 0 Å². The molecule has 2 nitrogen and oxygen atoms in total. The highest BCUT2D eigenvalue weighted by Gasteiger charge is 2.21. The number of carbonyl (C=O) groups excluding carboxylic acids is 1. The Hall–Kier alpha value is -2.09. The summed E-state index contributed by atoms with van der Waals surface area (Å²) in [6.07, 6.45) is 5.93. The lowest BCUT2D eigenvalue weighted by molar-refractivity contribution is -0.118. The van der Waals surface area contributed by atoms with Gasteiger partial charge in [0, 0.05) is 12.1 Å².